The van der Waals surface area contributed by atoms with Crippen LogP contribution < -0.4 is 5.32 Å². The number of anilines is 1. The average molecular weight is 222 g/mol. The summed E-state index contributed by atoms with van der Waals surface area (Å²) in [5.41, 5.74) is 0.808. The maximum atomic E-state index is 12.8. The Morgan fingerprint density at radius 2 is 2.31 bits per heavy atom. The van der Waals surface area contributed by atoms with E-state index in [0.717, 1.165) is 6.42 Å². The normalized spacial score (nSPS) is 11.9. The number of benzene rings is 1. The van der Waals surface area contributed by atoms with E-state index in [0.29, 0.717) is 18.7 Å². The van der Waals surface area contributed by atoms with Crippen molar-refractivity contribution in [2.24, 2.45) is 0 Å². The average Bonchev–Trinajstić information content (AvgIpc) is 2.27. The third-order valence-corrected chi connectivity index (χ3v) is 2.25. The number of nitriles is 1. The first-order valence-corrected chi connectivity index (χ1v) is 5.29. The topological polar surface area (TPSA) is 56.0 Å². The second kappa shape index (κ2) is 6.09. The highest BCUT2D eigenvalue weighted by Gasteiger charge is 2.06. The lowest BCUT2D eigenvalue weighted by molar-refractivity contribution is 0.176. The first-order valence-electron chi connectivity index (χ1n) is 5.29. The second-order valence-corrected chi connectivity index (χ2v) is 3.63. The fraction of sp³-hybridized carbons (Fsp3) is 0.417. The lowest BCUT2D eigenvalue weighted by atomic mass is 10.1. The number of nitrogens with zero attached hydrogens (tertiary/aromatic N) is 1. The Bertz CT molecular complexity index is 387. The molecule has 16 heavy (non-hydrogen) atoms. The molecule has 0 bridgehead atoms. The summed E-state index contributed by atoms with van der Waals surface area (Å²) in [5.74, 6) is -0.434. The maximum absolute atomic E-state index is 12.8. The van der Waals surface area contributed by atoms with E-state index in [9.17, 15) is 9.50 Å². The van der Waals surface area contributed by atoms with E-state index >= 15 is 0 Å². The van der Waals surface area contributed by atoms with E-state index in [2.05, 4.69) is 5.32 Å². The summed E-state index contributed by atoms with van der Waals surface area (Å²) in [7, 11) is 0. The molecular formula is C12H15FN2O. The minimum absolute atomic E-state index is 0.253. The van der Waals surface area contributed by atoms with Gasteiger partial charge in [0.05, 0.1) is 17.4 Å². The van der Waals surface area contributed by atoms with Crippen molar-refractivity contribution in [2.75, 3.05) is 11.9 Å². The second-order valence-electron chi connectivity index (χ2n) is 3.63. The van der Waals surface area contributed by atoms with Crippen LogP contribution in [0.2, 0.25) is 0 Å². The third-order valence-electron chi connectivity index (χ3n) is 2.25. The summed E-state index contributed by atoms with van der Waals surface area (Å²) in [6.45, 7) is 2.36. The van der Waals surface area contributed by atoms with Crippen molar-refractivity contribution in [3.05, 3.63) is 29.6 Å². The van der Waals surface area contributed by atoms with Crippen LogP contribution in [0.15, 0.2) is 18.2 Å². The zero-order valence-corrected chi connectivity index (χ0v) is 9.20. The highest BCUT2D eigenvalue weighted by Crippen LogP contribution is 2.16. The fourth-order valence-electron chi connectivity index (χ4n) is 1.43. The van der Waals surface area contributed by atoms with Gasteiger partial charge in [-0.3, -0.25) is 0 Å². The molecule has 1 rings (SSSR count). The SMILES string of the molecule is CCC[C@@H](O)CNc1ccc(F)cc1C#N. The lowest BCUT2D eigenvalue weighted by Crippen LogP contribution is -2.19. The van der Waals surface area contributed by atoms with Gasteiger partial charge in [0.25, 0.3) is 0 Å². The van der Waals surface area contributed by atoms with E-state index in [1.807, 2.05) is 13.0 Å². The summed E-state index contributed by atoms with van der Waals surface area (Å²) in [4.78, 5) is 0. The van der Waals surface area contributed by atoms with Gasteiger partial charge < -0.3 is 10.4 Å². The smallest absolute Gasteiger partial charge is 0.124 e. The van der Waals surface area contributed by atoms with Crippen LogP contribution in [0.1, 0.15) is 25.3 Å². The predicted octanol–water partition coefficient (Wildman–Crippen LogP) is 2.27. The van der Waals surface area contributed by atoms with Crippen LogP contribution in [0.4, 0.5) is 10.1 Å². The summed E-state index contributed by atoms with van der Waals surface area (Å²) in [5, 5.41) is 21.2. The first-order chi connectivity index (χ1) is 7.67. The molecule has 0 amide bonds. The van der Waals surface area contributed by atoms with E-state index in [-0.39, 0.29) is 5.56 Å². The van der Waals surface area contributed by atoms with E-state index in [1.54, 1.807) is 0 Å². The minimum Gasteiger partial charge on any atom is -0.391 e. The molecule has 0 fully saturated rings. The molecule has 1 aromatic rings. The molecule has 86 valence electrons. The molecule has 0 radical (unpaired) electrons. The van der Waals surface area contributed by atoms with Gasteiger partial charge in [-0.05, 0) is 24.6 Å². The van der Waals surface area contributed by atoms with E-state index in [1.165, 1.54) is 18.2 Å². The molecule has 2 N–H and O–H groups in total. The molecule has 0 aliphatic heterocycles. The largest absolute Gasteiger partial charge is 0.391 e. The van der Waals surface area contributed by atoms with E-state index in [4.69, 9.17) is 5.26 Å². The number of aliphatic hydroxyl groups is 1. The number of rotatable bonds is 5. The predicted molar refractivity (Wildman–Crippen MR) is 60.5 cm³/mol. The van der Waals surface area contributed by atoms with Crippen molar-refractivity contribution in [1.82, 2.24) is 0 Å². The quantitative estimate of drug-likeness (QED) is 0.803. The molecule has 0 unspecified atom stereocenters. The number of halogens is 1. The van der Waals surface area contributed by atoms with Gasteiger partial charge >= 0.3 is 0 Å². The highest BCUT2D eigenvalue weighted by molar-refractivity contribution is 5.57. The number of hydrogen-bond acceptors (Lipinski definition) is 3. The first kappa shape index (κ1) is 12.5. The van der Waals surface area contributed by atoms with Crippen molar-refractivity contribution in [1.29, 1.82) is 5.26 Å². The van der Waals surface area contributed by atoms with Crippen molar-refractivity contribution in [2.45, 2.75) is 25.9 Å². The number of aliphatic hydroxyl groups excluding tert-OH is 1. The summed E-state index contributed by atoms with van der Waals surface area (Å²) in [6.07, 6.45) is 1.16. The summed E-state index contributed by atoms with van der Waals surface area (Å²) >= 11 is 0. The number of nitrogens with one attached hydrogen (secondary N) is 1. The minimum atomic E-state index is -0.443. The summed E-state index contributed by atoms with van der Waals surface area (Å²) in [6, 6.07) is 5.88. The molecule has 3 nitrogen and oxygen atoms in total. The van der Waals surface area contributed by atoms with Crippen LogP contribution in [-0.2, 0) is 0 Å². The zero-order valence-electron chi connectivity index (χ0n) is 9.20. The molecule has 0 aromatic heterocycles. The van der Waals surface area contributed by atoms with Crippen LogP contribution in [0, 0.1) is 17.1 Å². The Kier molecular flexibility index (Phi) is 4.74. The van der Waals surface area contributed by atoms with Gasteiger partial charge in [0.15, 0.2) is 0 Å². The van der Waals surface area contributed by atoms with Gasteiger partial charge in [0.1, 0.15) is 11.9 Å². The molecule has 0 aliphatic carbocycles. The molecule has 0 saturated heterocycles. The van der Waals surface area contributed by atoms with E-state index < -0.39 is 11.9 Å². The molecule has 1 aromatic carbocycles. The Labute approximate surface area is 94.5 Å². The molecule has 1 atom stereocenters. The van der Waals surface area contributed by atoms with Gasteiger partial charge in [-0.15, -0.1) is 0 Å². The Morgan fingerprint density at radius 3 is 2.94 bits per heavy atom. The van der Waals surface area contributed by atoms with Gasteiger partial charge in [-0.1, -0.05) is 13.3 Å². The molecular weight excluding hydrogens is 207 g/mol. The molecule has 4 heteroatoms. The third kappa shape index (κ3) is 3.52. The summed E-state index contributed by atoms with van der Waals surface area (Å²) < 4.78 is 12.8. The van der Waals surface area contributed by atoms with Crippen molar-refractivity contribution in [3.8, 4) is 6.07 Å². The van der Waals surface area contributed by atoms with Crippen molar-refractivity contribution in [3.63, 3.8) is 0 Å². The lowest BCUT2D eigenvalue weighted by Gasteiger charge is -2.12. The number of hydrogen-bond donors (Lipinski definition) is 2. The van der Waals surface area contributed by atoms with Crippen LogP contribution in [0.5, 0.6) is 0 Å². The van der Waals surface area contributed by atoms with Crippen LogP contribution >= 0.6 is 0 Å². The van der Waals surface area contributed by atoms with Gasteiger partial charge in [-0.2, -0.15) is 5.26 Å². The Morgan fingerprint density at radius 1 is 1.56 bits per heavy atom. The Hall–Kier alpha value is -1.60. The van der Waals surface area contributed by atoms with Crippen LogP contribution in [0.25, 0.3) is 0 Å². The zero-order chi connectivity index (χ0) is 12.0. The van der Waals surface area contributed by atoms with Crippen LogP contribution in [-0.4, -0.2) is 17.8 Å². The van der Waals surface area contributed by atoms with Crippen LogP contribution in [0.3, 0.4) is 0 Å². The standard InChI is InChI=1S/C12H15FN2O/c1-2-3-11(16)8-15-12-5-4-10(13)6-9(12)7-14/h4-6,11,15-16H,2-3,8H2,1H3/t11-/m1/s1. The Balaban J connectivity index is 2.64. The molecule has 0 aliphatic rings. The maximum Gasteiger partial charge on any atom is 0.124 e. The van der Waals surface area contributed by atoms with Gasteiger partial charge in [-0.25, -0.2) is 4.39 Å². The molecule has 0 saturated carbocycles. The van der Waals surface area contributed by atoms with Gasteiger partial charge in [0.2, 0.25) is 0 Å². The van der Waals surface area contributed by atoms with Crippen molar-refractivity contribution >= 4 is 5.69 Å². The molecule has 0 heterocycles. The fourth-order valence-corrected chi connectivity index (χ4v) is 1.43. The highest BCUT2D eigenvalue weighted by atomic mass is 19.1. The monoisotopic (exact) mass is 222 g/mol. The van der Waals surface area contributed by atoms with Gasteiger partial charge in [0, 0.05) is 6.54 Å². The van der Waals surface area contributed by atoms with Crippen molar-refractivity contribution < 1.29 is 9.50 Å². The molecule has 0 spiro atoms.